The molecular weight excluding hydrogens is 252 g/mol. The Morgan fingerprint density at radius 2 is 2.25 bits per heavy atom. The molecule has 0 radical (unpaired) electrons. The molecule has 0 bridgehead atoms. The van der Waals surface area contributed by atoms with Crippen LogP contribution in [0.1, 0.15) is 55.8 Å². The lowest BCUT2D eigenvalue weighted by Gasteiger charge is -2.26. The van der Waals surface area contributed by atoms with Crippen LogP contribution < -0.4 is 10.6 Å². The number of nitrogens with one attached hydrogen (secondary N) is 2. The zero-order valence-electron chi connectivity index (χ0n) is 12.2. The number of rotatable bonds is 2. The number of carbonyl (C=O) groups excluding carboxylic acids is 1. The van der Waals surface area contributed by atoms with Gasteiger partial charge in [0.1, 0.15) is 0 Å². The number of carbonyl (C=O) groups is 1. The molecule has 1 aromatic heterocycles. The van der Waals surface area contributed by atoms with Crippen LogP contribution in [0.5, 0.6) is 0 Å². The molecule has 1 aliphatic carbocycles. The second kappa shape index (κ2) is 5.95. The molecule has 2 heterocycles. The molecule has 2 unspecified atom stereocenters. The van der Waals surface area contributed by atoms with Crippen molar-refractivity contribution >= 4 is 5.91 Å². The summed E-state index contributed by atoms with van der Waals surface area (Å²) < 4.78 is 1.94. The van der Waals surface area contributed by atoms with Crippen LogP contribution in [0.25, 0.3) is 0 Å². The van der Waals surface area contributed by atoms with Crippen molar-refractivity contribution in [3.63, 3.8) is 0 Å². The highest BCUT2D eigenvalue weighted by molar-refractivity contribution is 5.82. The number of hydrogen-bond acceptors (Lipinski definition) is 3. The van der Waals surface area contributed by atoms with Gasteiger partial charge in [-0.1, -0.05) is 12.8 Å². The smallest absolute Gasteiger partial charge is 0.237 e. The minimum absolute atomic E-state index is 0.0143. The van der Waals surface area contributed by atoms with Crippen LogP contribution in [0, 0.1) is 0 Å². The van der Waals surface area contributed by atoms with Crippen molar-refractivity contribution in [1.82, 2.24) is 20.4 Å². The molecule has 1 aromatic rings. The number of nitrogens with zero attached hydrogens (tertiary/aromatic N) is 2. The first kappa shape index (κ1) is 13.6. The predicted octanol–water partition coefficient (Wildman–Crippen LogP) is 1.45. The van der Waals surface area contributed by atoms with Gasteiger partial charge in [-0.25, -0.2) is 0 Å². The van der Waals surface area contributed by atoms with Gasteiger partial charge < -0.3 is 10.6 Å². The van der Waals surface area contributed by atoms with Gasteiger partial charge in [0.2, 0.25) is 5.91 Å². The van der Waals surface area contributed by atoms with Gasteiger partial charge in [0.15, 0.2) is 0 Å². The van der Waals surface area contributed by atoms with E-state index in [9.17, 15) is 4.79 Å². The van der Waals surface area contributed by atoms with Crippen LogP contribution >= 0.6 is 0 Å². The molecule has 1 amide bonds. The van der Waals surface area contributed by atoms with Crippen molar-refractivity contribution in [1.29, 1.82) is 0 Å². The summed E-state index contributed by atoms with van der Waals surface area (Å²) in [5.74, 6) is 0.161. The number of hydrogen-bond donors (Lipinski definition) is 2. The van der Waals surface area contributed by atoms with E-state index in [1.54, 1.807) is 0 Å². The largest absolute Gasteiger partial charge is 0.348 e. The maximum absolute atomic E-state index is 12.4. The Bertz CT molecular complexity index is 474. The summed E-state index contributed by atoms with van der Waals surface area (Å²) in [5.41, 5.74) is 2.48. The molecule has 5 heteroatoms. The van der Waals surface area contributed by atoms with E-state index in [1.807, 2.05) is 17.9 Å². The third-order valence-corrected chi connectivity index (χ3v) is 4.57. The Kier molecular flexibility index (Phi) is 4.05. The molecule has 0 spiro atoms. The van der Waals surface area contributed by atoms with E-state index in [2.05, 4.69) is 15.7 Å². The zero-order chi connectivity index (χ0) is 13.9. The van der Waals surface area contributed by atoms with E-state index >= 15 is 0 Å². The van der Waals surface area contributed by atoms with Gasteiger partial charge in [-0.05, 0) is 38.6 Å². The molecule has 0 aromatic carbocycles. The van der Waals surface area contributed by atoms with Gasteiger partial charge in [-0.2, -0.15) is 5.10 Å². The van der Waals surface area contributed by atoms with Crippen LogP contribution in [-0.2, 0) is 18.3 Å². The predicted molar refractivity (Wildman–Crippen MR) is 77.3 cm³/mol. The van der Waals surface area contributed by atoms with Gasteiger partial charge in [-0.15, -0.1) is 0 Å². The van der Waals surface area contributed by atoms with Crippen molar-refractivity contribution in [3.8, 4) is 0 Å². The molecule has 2 aliphatic rings. The first-order valence-electron chi connectivity index (χ1n) is 7.80. The quantitative estimate of drug-likeness (QED) is 0.859. The molecule has 1 aliphatic heterocycles. The highest BCUT2D eigenvalue weighted by atomic mass is 16.2. The summed E-state index contributed by atoms with van der Waals surface area (Å²) in [6, 6.07) is 0.129. The SMILES string of the molecule is Cn1ncc2c1CCCC2NC(=O)C1CCCCCN1. The Labute approximate surface area is 120 Å². The highest BCUT2D eigenvalue weighted by Gasteiger charge is 2.27. The van der Waals surface area contributed by atoms with Crippen molar-refractivity contribution in [2.24, 2.45) is 7.05 Å². The molecule has 0 saturated carbocycles. The van der Waals surface area contributed by atoms with Crippen LogP contribution in [-0.4, -0.2) is 28.3 Å². The normalized spacial score (nSPS) is 26.6. The maximum atomic E-state index is 12.4. The average molecular weight is 276 g/mol. The van der Waals surface area contributed by atoms with Crippen LogP contribution in [0.2, 0.25) is 0 Å². The van der Waals surface area contributed by atoms with Gasteiger partial charge in [-0.3, -0.25) is 9.48 Å². The van der Waals surface area contributed by atoms with Crippen LogP contribution in [0.4, 0.5) is 0 Å². The number of amides is 1. The maximum Gasteiger partial charge on any atom is 0.237 e. The topological polar surface area (TPSA) is 59.0 Å². The lowest BCUT2D eigenvalue weighted by molar-refractivity contribution is -0.124. The summed E-state index contributed by atoms with van der Waals surface area (Å²) >= 11 is 0. The van der Waals surface area contributed by atoms with Crippen molar-refractivity contribution in [2.45, 2.75) is 57.0 Å². The summed E-state index contributed by atoms with van der Waals surface area (Å²) in [7, 11) is 1.98. The lowest BCUT2D eigenvalue weighted by atomic mass is 9.92. The first-order valence-corrected chi connectivity index (χ1v) is 7.80. The fourth-order valence-corrected chi connectivity index (χ4v) is 3.38. The minimum Gasteiger partial charge on any atom is -0.348 e. The molecule has 2 atom stereocenters. The molecular formula is C15H24N4O. The van der Waals surface area contributed by atoms with E-state index in [0.717, 1.165) is 38.6 Å². The van der Waals surface area contributed by atoms with Crippen LogP contribution in [0.15, 0.2) is 6.20 Å². The second-order valence-electron chi connectivity index (χ2n) is 5.98. The Balaban J connectivity index is 1.67. The molecule has 3 rings (SSSR count). The fourth-order valence-electron chi connectivity index (χ4n) is 3.38. The van der Waals surface area contributed by atoms with Gasteiger partial charge in [0.25, 0.3) is 0 Å². The lowest BCUT2D eigenvalue weighted by Crippen LogP contribution is -2.45. The monoisotopic (exact) mass is 276 g/mol. The summed E-state index contributed by atoms with van der Waals surface area (Å²) in [5, 5.41) is 10.9. The number of aryl methyl sites for hydroxylation is 1. The molecule has 5 nitrogen and oxygen atoms in total. The molecule has 20 heavy (non-hydrogen) atoms. The molecule has 1 saturated heterocycles. The first-order chi connectivity index (χ1) is 9.75. The van der Waals surface area contributed by atoms with Gasteiger partial charge in [0, 0.05) is 18.3 Å². The summed E-state index contributed by atoms with van der Waals surface area (Å²) in [4.78, 5) is 12.4. The number of aromatic nitrogens is 2. The Hall–Kier alpha value is -1.36. The Morgan fingerprint density at radius 3 is 3.15 bits per heavy atom. The van der Waals surface area contributed by atoms with E-state index in [4.69, 9.17) is 0 Å². The summed E-state index contributed by atoms with van der Waals surface area (Å²) in [6.07, 6.45) is 9.64. The average Bonchev–Trinajstić information content (AvgIpc) is 2.68. The highest BCUT2D eigenvalue weighted by Crippen LogP contribution is 2.29. The number of fused-ring (bicyclic) bond motifs is 1. The third kappa shape index (κ3) is 2.73. The van der Waals surface area contributed by atoms with E-state index in [1.165, 1.54) is 24.1 Å². The molecule has 2 N–H and O–H groups in total. The van der Waals surface area contributed by atoms with Crippen LogP contribution in [0.3, 0.4) is 0 Å². The van der Waals surface area contributed by atoms with E-state index < -0.39 is 0 Å². The molecule has 110 valence electrons. The fraction of sp³-hybridized carbons (Fsp3) is 0.733. The summed E-state index contributed by atoms with van der Waals surface area (Å²) in [6.45, 7) is 0.959. The second-order valence-corrected chi connectivity index (χ2v) is 5.98. The third-order valence-electron chi connectivity index (χ3n) is 4.57. The van der Waals surface area contributed by atoms with Crippen molar-refractivity contribution in [3.05, 3.63) is 17.5 Å². The zero-order valence-corrected chi connectivity index (χ0v) is 12.2. The van der Waals surface area contributed by atoms with E-state index in [-0.39, 0.29) is 18.0 Å². The van der Waals surface area contributed by atoms with Crippen molar-refractivity contribution < 1.29 is 4.79 Å². The Morgan fingerprint density at radius 1 is 1.35 bits per heavy atom. The standard InChI is InChI=1S/C15H24N4O/c1-19-14-8-5-7-12(11(14)10-17-19)18-15(20)13-6-3-2-4-9-16-13/h10,12-13,16H,2-9H2,1H3,(H,18,20). The van der Waals surface area contributed by atoms with E-state index in [0.29, 0.717) is 0 Å². The van der Waals surface area contributed by atoms with Gasteiger partial charge >= 0.3 is 0 Å². The van der Waals surface area contributed by atoms with Gasteiger partial charge in [0.05, 0.1) is 18.3 Å². The molecule has 1 fully saturated rings. The van der Waals surface area contributed by atoms with Crippen molar-refractivity contribution in [2.75, 3.05) is 6.54 Å². The minimum atomic E-state index is -0.0143.